The number of para-hydroxylation sites is 3. The number of fused-ring (bicyclic) bond motifs is 10. The Balaban J connectivity index is 1.34. The Hall–Kier alpha value is -4.93. The lowest BCUT2D eigenvalue weighted by molar-refractivity contribution is 1.18. The van der Waals surface area contributed by atoms with Crippen molar-refractivity contribution >= 4 is 90.4 Å². The van der Waals surface area contributed by atoms with Gasteiger partial charge in [0.25, 0.3) is 0 Å². The van der Waals surface area contributed by atoms with Crippen molar-refractivity contribution in [3.05, 3.63) is 127 Å². The van der Waals surface area contributed by atoms with Crippen LogP contribution in [0.5, 0.6) is 0 Å². The number of rotatable bonds is 1. The van der Waals surface area contributed by atoms with Gasteiger partial charge in [0, 0.05) is 37.2 Å². The van der Waals surface area contributed by atoms with Gasteiger partial charge in [-0.2, -0.15) is 0 Å². The molecule has 194 valence electrons. The van der Waals surface area contributed by atoms with Crippen LogP contribution >= 0.6 is 11.8 Å². The van der Waals surface area contributed by atoms with Gasteiger partial charge in [-0.1, -0.05) is 120 Å². The molecule has 2 nitrogen and oxygen atoms in total. The molecule has 4 heteroatoms. The summed E-state index contributed by atoms with van der Waals surface area (Å²) < 4.78 is 0. The molecule has 0 unspecified atom stereocenters. The average molecular weight is 550 g/mol. The van der Waals surface area contributed by atoms with Crippen molar-refractivity contribution < 1.29 is 0 Å². The molecule has 8 aromatic rings. The van der Waals surface area contributed by atoms with Crippen LogP contribution in [0.1, 0.15) is 0 Å². The molecule has 0 bridgehead atoms. The van der Waals surface area contributed by atoms with Crippen molar-refractivity contribution in [3.8, 4) is 11.1 Å². The molecule has 1 N–H and O–H groups in total. The van der Waals surface area contributed by atoms with E-state index in [1.165, 1.54) is 92.3 Å². The molecule has 0 aliphatic carbocycles. The second kappa shape index (κ2) is 8.31. The number of nitrogens with one attached hydrogen (secondary N) is 1. The van der Waals surface area contributed by atoms with E-state index >= 15 is 0 Å². The largest absolute Gasteiger partial charge is 0.353 e. The Morgan fingerprint density at radius 2 is 1.29 bits per heavy atom. The number of aromatic nitrogens is 1. The first-order chi connectivity index (χ1) is 20.8. The molecule has 10 rings (SSSR count). The number of hydrogen-bond acceptors (Lipinski definition) is 2. The molecule has 3 heterocycles. The predicted octanol–water partition coefficient (Wildman–Crippen LogP) is 8.93. The number of aromatic amines is 1. The van der Waals surface area contributed by atoms with Gasteiger partial charge in [-0.25, -0.2) is 0 Å². The fourth-order valence-electron chi connectivity index (χ4n) is 7.39. The smallest absolute Gasteiger partial charge is 0.198 e. The molecule has 0 amide bonds. The summed E-state index contributed by atoms with van der Waals surface area (Å²) in [6, 6.07) is 47.0. The van der Waals surface area contributed by atoms with Crippen LogP contribution in [0.15, 0.2) is 137 Å². The summed E-state index contributed by atoms with van der Waals surface area (Å²) in [7, 11) is 0.900. The molecule has 0 fully saturated rings. The van der Waals surface area contributed by atoms with Gasteiger partial charge >= 0.3 is 0 Å². The van der Waals surface area contributed by atoms with Crippen LogP contribution in [0, 0.1) is 0 Å². The molecular weight excluding hydrogens is 527 g/mol. The number of H-pyrrole nitrogens is 1. The lowest BCUT2D eigenvalue weighted by atomic mass is 9.57. The highest BCUT2D eigenvalue weighted by molar-refractivity contribution is 7.99. The highest BCUT2D eigenvalue weighted by atomic mass is 32.2. The first-order valence-corrected chi connectivity index (χ1v) is 15.3. The fourth-order valence-corrected chi connectivity index (χ4v) is 8.50. The minimum atomic E-state index is 0.900. The van der Waals surface area contributed by atoms with Crippen molar-refractivity contribution in [1.82, 2.24) is 4.98 Å². The van der Waals surface area contributed by atoms with Crippen LogP contribution in [0.25, 0.3) is 54.5 Å². The first kappa shape index (κ1) is 22.7. The Labute approximate surface area is 247 Å². The van der Waals surface area contributed by atoms with Crippen LogP contribution < -0.4 is 15.8 Å². The van der Waals surface area contributed by atoms with E-state index in [2.05, 4.69) is 137 Å². The molecular formula is C38H23BN2S. The summed E-state index contributed by atoms with van der Waals surface area (Å²) in [4.78, 5) is 9.08. The van der Waals surface area contributed by atoms with Crippen LogP contribution in [0.2, 0.25) is 0 Å². The summed E-state index contributed by atoms with van der Waals surface area (Å²) >= 11 is 1.89. The van der Waals surface area contributed by atoms with Crippen molar-refractivity contribution in [2.45, 2.75) is 9.79 Å². The van der Waals surface area contributed by atoms with Crippen LogP contribution in [0.4, 0.5) is 17.1 Å². The molecule has 1 aromatic heterocycles. The third kappa shape index (κ3) is 2.97. The van der Waals surface area contributed by atoms with Gasteiger partial charge in [0.2, 0.25) is 0 Å². The van der Waals surface area contributed by atoms with Gasteiger partial charge in [-0.3, -0.25) is 0 Å². The van der Waals surface area contributed by atoms with Gasteiger partial charge in [-0.05, 0) is 51.5 Å². The highest BCUT2D eigenvalue weighted by Crippen LogP contribution is 2.52. The molecule has 2 aliphatic rings. The lowest BCUT2D eigenvalue weighted by Gasteiger charge is -2.39. The topological polar surface area (TPSA) is 19.0 Å². The Kier molecular flexibility index (Phi) is 4.50. The summed E-state index contributed by atoms with van der Waals surface area (Å²) in [5.41, 5.74) is 11.7. The Morgan fingerprint density at radius 3 is 2.24 bits per heavy atom. The van der Waals surface area contributed by atoms with E-state index in [0.717, 1.165) is 7.28 Å². The third-order valence-corrected chi connectivity index (χ3v) is 10.3. The quantitative estimate of drug-likeness (QED) is 0.206. The molecule has 0 radical (unpaired) electrons. The van der Waals surface area contributed by atoms with E-state index in [-0.39, 0.29) is 0 Å². The van der Waals surface area contributed by atoms with Crippen molar-refractivity contribution in [2.75, 3.05) is 4.90 Å². The van der Waals surface area contributed by atoms with Crippen LogP contribution in [0.3, 0.4) is 0 Å². The summed E-state index contributed by atoms with van der Waals surface area (Å²) in [6.07, 6.45) is 0. The molecule has 0 saturated heterocycles. The van der Waals surface area contributed by atoms with E-state index in [1.807, 2.05) is 11.8 Å². The molecule has 0 saturated carbocycles. The molecule has 42 heavy (non-hydrogen) atoms. The minimum Gasteiger partial charge on any atom is -0.353 e. The van der Waals surface area contributed by atoms with Crippen molar-refractivity contribution in [1.29, 1.82) is 0 Å². The van der Waals surface area contributed by atoms with E-state index in [9.17, 15) is 0 Å². The van der Waals surface area contributed by atoms with E-state index in [1.54, 1.807) is 0 Å². The number of nitrogens with zero attached hydrogens (tertiary/aromatic N) is 1. The SMILES string of the molecule is B1c2cccc3c2N(c2ccccc2S3)c2cc3ccccc3c(-c3cccc4c3[nH]c3c5ccccc5ccc43)c21. The zero-order chi connectivity index (χ0) is 27.4. The number of hydrogen-bond donors (Lipinski definition) is 1. The van der Waals surface area contributed by atoms with Gasteiger partial charge < -0.3 is 9.88 Å². The zero-order valence-corrected chi connectivity index (χ0v) is 23.5. The second-order valence-corrected chi connectivity index (χ2v) is 12.5. The van der Waals surface area contributed by atoms with E-state index < -0.39 is 0 Å². The maximum atomic E-state index is 3.92. The molecule has 0 spiro atoms. The van der Waals surface area contributed by atoms with Crippen molar-refractivity contribution in [3.63, 3.8) is 0 Å². The predicted molar refractivity (Wildman–Crippen MR) is 181 cm³/mol. The summed E-state index contributed by atoms with van der Waals surface area (Å²) in [5, 5.41) is 7.63. The monoisotopic (exact) mass is 550 g/mol. The van der Waals surface area contributed by atoms with E-state index in [0.29, 0.717) is 0 Å². The first-order valence-electron chi connectivity index (χ1n) is 14.5. The zero-order valence-electron chi connectivity index (χ0n) is 22.7. The summed E-state index contributed by atoms with van der Waals surface area (Å²) in [5.74, 6) is 0. The van der Waals surface area contributed by atoms with Gasteiger partial charge in [-0.15, -0.1) is 0 Å². The molecule has 0 atom stereocenters. The average Bonchev–Trinajstić information content (AvgIpc) is 3.43. The highest BCUT2D eigenvalue weighted by Gasteiger charge is 2.34. The van der Waals surface area contributed by atoms with Gasteiger partial charge in [0.05, 0.1) is 22.4 Å². The molecule has 7 aromatic carbocycles. The number of benzene rings is 7. The standard InChI is InChI=1S/C38H23BN2S/c1-4-12-25-22(9-1)19-20-27-26-13-7-14-28(37(26)40-36(25)27)34-24-11-3-2-10-23(24)21-31-35(34)39-29-15-8-18-33-38(29)41(31)30-16-5-6-17-32(30)42-33/h1-21,39-40H. The molecule has 2 aliphatic heterocycles. The van der Waals surface area contributed by atoms with Gasteiger partial charge in [0.15, 0.2) is 7.28 Å². The Morgan fingerprint density at radius 1 is 0.548 bits per heavy atom. The maximum Gasteiger partial charge on any atom is 0.198 e. The fraction of sp³-hybridized carbons (Fsp3) is 0. The van der Waals surface area contributed by atoms with Crippen LogP contribution in [-0.4, -0.2) is 12.3 Å². The normalized spacial score (nSPS) is 13.3. The Bertz CT molecular complexity index is 2440. The third-order valence-electron chi connectivity index (χ3n) is 9.18. The lowest BCUT2D eigenvalue weighted by Crippen LogP contribution is -2.42. The second-order valence-electron chi connectivity index (χ2n) is 11.4. The minimum absolute atomic E-state index is 0.900. The maximum absolute atomic E-state index is 3.92. The summed E-state index contributed by atoms with van der Waals surface area (Å²) in [6.45, 7) is 0. The van der Waals surface area contributed by atoms with E-state index in [4.69, 9.17) is 0 Å². The van der Waals surface area contributed by atoms with Crippen LogP contribution in [-0.2, 0) is 0 Å². The van der Waals surface area contributed by atoms with Gasteiger partial charge in [0.1, 0.15) is 0 Å². The van der Waals surface area contributed by atoms with Crippen molar-refractivity contribution in [2.24, 2.45) is 0 Å². The number of anilines is 3.